The summed E-state index contributed by atoms with van der Waals surface area (Å²) in [4.78, 5) is 45.7. The molecular formula is C40H59N7O6. The summed E-state index contributed by atoms with van der Waals surface area (Å²) in [6.45, 7) is 22.2. The van der Waals surface area contributed by atoms with Crippen LogP contribution in [0.25, 0.3) is 16.6 Å². The molecule has 2 N–H and O–H groups in total. The molecular weight excluding hydrogens is 674 g/mol. The van der Waals surface area contributed by atoms with E-state index in [0.29, 0.717) is 36.8 Å². The van der Waals surface area contributed by atoms with Gasteiger partial charge in [-0.15, -0.1) is 0 Å². The maximum absolute atomic E-state index is 14.0. The Morgan fingerprint density at radius 3 is 2.13 bits per heavy atom. The zero-order valence-corrected chi connectivity index (χ0v) is 33.5. The molecule has 0 spiro atoms. The standard InChI is InChI=1S/C40H59N7O6/c1-27(2)30-25-43-47-33(24-32(44-34(30)47)41-21-16-12-13-17-22-42-35(48)51-38(3,4)5)45(36(49)52-39(6,7)8)23-20-28-26-46(37(50)53-40(9,10)11)31-19-15-14-18-29(28)31/h14-15,18-19,24-27H,12-13,16-17,20-23H2,1-11H3,(H,41,44)(H,42,48). The van der Waals surface area contributed by atoms with Crippen LogP contribution in [-0.4, -0.2) is 73.9 Å². The van der Waals surface area contributed by atoms with Crippen molar-refractivity contribution in [1.82, 2.24) is 24.5 Å². The molecule has 53 heavy (non-hydrogen) atoms. The molecule has 2 amide bonds. The van der Waals surface area contributed by atoms with Gasteiger partial charge in [0.15, 0.2) is 5.65 Å². The third-order valence-corrected chi connectivity index (χ3v) is 8.06. The summed E-state index contributed by atoms with van der Waals surface area (Å²) in [5.74, 6) is 1.28. The number of rotatable bonds is 13. The quantitative estimate of drug-likeness (QED) is 0.102. The second kappa shape index (κ2) is 16.9. The summed E-state index contributed by atoms with van der Waals surface area (Å²) in [5.41, 5.74) is 1.30. The minimum atomic E-state index is -0.745. The van der Waals surface area contributed by atoms with Crippen LogP contribution in [0, 0.1) is 0 Å². The van der Waals surface area contributed by atoms with E-state index in [4.69, 9.17) is 19.2 Å². The van der Waals surface area contributed by atoms with Crippen molar-refractivity contribution in [2.75, 3.05) is 29.9 Å². The van der Waals surface area contributed by atoms with E-state index < -0.39 is 35.1 Å². The van der Waals surface area contributed by atoms with Gasteiger partial charge in [-0.05, 0) is 99.1 Å². The molecule has 0 bridgehead atoms. The molecule has 0 aliphatic carbocycles. The molecule has 13 nitrogen and oxygen atoms in total. The Morgan fingerprint density at radius 1 is 0.849 bits per heavy atom. The lowest BCUT2D eigenvalue weighted by molar-refractivity contribution is 0.0521. The maximum Gasteiger partial charge on any atom is 0.419 e. The second-order valence-corrected chi connectivity index (χ2v) is 16.7. The molecule has 0 unspecified atom stereocenters. The van der Waals surface area contributed by atoms with Crippen LogP contribution in [0.1, 0.15) is 119 Å². The van der Waals surface area contributed by atoms with Crippen molar-refractivity contribution in [2.45, 2.75) is 131 Å². The molecule has 0 aliphatic heterocycles. The van der Waals surface area contributed by atoms with Crippen molar-refractivity contribution in [3.63, 3.8) is 0 Å². The van der Waals surface area contributed by atoms with E-state index >= 15 is 0 Å². The first-order valence-corrected chi connectivity index (χ1v) is 18.6. The average Bonchev–Trinajstić information content (AvgIpc) is 3.62. The fourth-order valence-corrected chi connectivity index (χ4v) is 5.74. The number of nitrogens with zero attached hydrogens (tertiary/aromatic N) is 5. The van der Waals surface area contributed by atoms with E-state index in [1.165, 1.54) is 4.57 Å². The van der Waals surface area contributed by atoms with Crippen LogP contribution in [0.15, 0.2) is 42.7 Å². The predicted molar refractivity (Wildman–Crippen MR) is 209 cm³/mol. The van der Waals surface area contributed by atoms with Gasteiger partial charge < -0.3 is 24.8 Å². The molecule has 0 radical (unpaired) electrons. The molecule has 13 heteroatoms. The summed E-state index contributed by atoms with van der Waals surface area (Å²) in [5, 5.41) is 11.9. The largest absolute Gasteiger partial charge is 0.444 e. The first kappa shape index (κ1) is 41.0. The SMILES string of the molecule is CC(C)c1cnn2c(N(CCc3cn(C(=O)OC(C)(C)C)c4ccccc34)C(=O)OC(C)(C)C)cc(NCCCCCCNC(=O)OC(C)(C)C)nc12. The molecule has 0 saturated heterocycles. The third kappa shape index (κ3) is 11.8. The fourth-order valence-electron chi connectivity index (χ4n) is 5.74. The number of fused-ring (bicyclic) bond motifs is 2. The zero-order chi connectivity index (χ0) is 39.1. The summed E-state index contributed by atoms with van der Waals surface area (Å²) in [6, 6.07) is 9.51. The predicted octanol–water partition coefficient (Wildman–Crippen LogP) is 9.07. The Labute approximate surface area is 313 Å². The van der Waals surface area contributed by atoms with E-state index in [0.717, 1.165) is 47.7 Å². The Bertz CT molecular complexity index is 1870. The van der Waals surface area contributed by atoms with Gasteiger partial charge >= 0.3 is 18.3 Å². The van der Waals surface area contributed by atoms with Gasteiger partial charge in [-0.1, -0.05) is 44.9 Å². The van der Waals surface area contributed by atoms with Gasteiger partial charge in [0.25, 0.3) is 0 Å². The van der Waals surface area contributed by atoms with Gasteiger partial charge in [0, 0.05) is 42.8 Å². The van der Waals surface area contributed by atoms with Crippen LogP contribution in [-0.2, 0) is 20.6 Å². The molecule has 1 aromatic carbocycles. The van der Waals surface area contributed by atoms with Crippen molar-refractivity contribution in [2.24, 2.45) is 0 Å². The molecule has 4 aromatic rings. The number of para-hydroxylation sites is 1. The van der Waals surface area contributed by atoms with E-state index in [-0.39, 0.29) is 12.5 Å². The second-order valence-electron chi connectivity index (χ2n) is 16.7. The van der Waals surface area contributed by atoms with Gasteiger partial charge in [0.2, 0.25) is 0 Å². The summed E-state index contributed by atoms with van der Waals surface area (Å²) >= 11 is 0. The molecule has 0 fully saturated rings. The molecule has 0 saturated carbocycles. The van der Waals surface area contributed by atoms with Crippen molar-refractivity contribution in [3.8, 4) is 0 Å². The first-order valence-electron chi connectivity index (χ1n) is 18.6. The van der Waals surface area contributed by atoms with Crippen LogP contribution in [0.4, 0.5) is 26.0 Å². The minimum Gasteiger partial charge on any atom is -0.444 e. The lowest BCUT2D eigenvalue weighted by Gasteiger charge is -2.28. The van der Waals surface area contributed by atoms with Crippen molar-refractivity contribution >= 4 is 46.5 Å². The Morgan fingerprint density at radius 2 is 1.49 bits per heavy atom. The highest BCUT2D eigenvalue weighted by molar-refractivity contribution is 5.92. The summed E-state index contributed by atoms with van der Waals surface area (Å²) in [6.07, 6.45) is 6.28. The molecule has 4 rings (SSSR count). The number of benzene rings is 1. The van der Waals surface area contributed by atoms with Gasteiger partial charge in [0.1, 0.15) is 28.4 Å². The van der Waals surface area contributed by atoms with E-state index in [1.807, 2.05) is 92.6 Å². The van der Waals surface area contributed by atoms with E-state index in [1.54, 1.807) is 21.8 Å². The smallest absolute Gasteiger partial charge is 0.419 e. The lowest BCUT2D eigenvalue weighted by atomic mass is 10.1. The van der Waals surface area contributed by atoms with E-state index in [9.17, 15) is 14.4 Å². The number of carbonyl (C=O) groups excluding carboxylic acids is 3. The molecule has 3 heterocycles. The minimum absolute atomic E-state index is 0.145. The number of nitrogens with one attached hydrogen (secondary N) is 2. The van der Waals surface area contributed by atoms with Crippen molar-refractivity contribution < 1.29 is 28.6 Å². The highest BCUT2D eigenvalue weighted by Crippen LogP contribution is 2.29. The monoisotopic (exact) mass is 733 g/mol. The number of ether oxygens (including phenoxy) is 3. The normalized spacial score (nSPS) is 12.3. The number of hydrogen-bond acceptors (Lipinski definition) is 9. The number of hydrogen-bond donors (Lipinski definition) is 2. The highest BCUT2D eigenvalue weighted by Gasteiger charge is 2.28. The summed E-state index contributed by atoms with van der Waals surface area (Å²) in [7, 11) is 0. The van der Waals surface area contributed by atoms with Crippen molar-refractivity contribution in [1.29, 1.82) is 0 Å². The summed E-state index contributed by atoms with van der Waals surface area (Å²) < 4.78 is 20.2. The number of anilines is 2. The van der Waals surface area contributed by atoms with Gasteiger partial charge in [0.05, 0.1) is 11.7 Å². The molecule has 0 atom stereocenters. The van der Waals surface area contributed by atoms with Crippen molar-refractivity contribution in [3.05, 3.63) is 53.9 Å². The zero-order valence-electron chi connectivity index (χ0n) is 33.5. The van der Waals surface area contributed by atoms with Crippen LogP contribution < -0.4 is 15.5 Å². The first-order chi connectivity index (χ1) is 24.7. The van der Waals surface area contributed by atoms with Crippen LogP contribution in [0.5, 0.6) is 0 Å². The average molecular weight is 734 g/mol. The number of aromatic nitrogens is 4. The van der Waals surface area contributed by atoms with Gasteiger partial charge in [-0.3, -0.25) is 9.47 Å². The lowest BCUT2D eigenvalue weighted by Crippen LogP contribution is -2.39. The maximum atomic E-state index is 14.0. The molecule has 0 aliphatic rings. The van der Waals surface area contributed by atoms with Gasteiger partial charge in [-0.2, -0.15) is 9.61 Å². The molecule has 3 aromatic heterocycles. The number of unbranched alkanes of at least 4 members (excludes halogenated alkanes) is 3. The fraction of sp³-hybridized carbons (Fsp3) is 0.575. The number of alkyl carbamates (subject to hydrolysis) is 1. The Balaban J connectivity index is 1.57. The van der Waals surface area contributed by atoms with Gasteiger partial charge in [-0.25, -0.2) is 19.4 Å². The van der Waals surface area contributed by atoms with Crippen LogP contribution in [0.3, 0.4) is 0 Å². The van der Waals surface area contributed by atoms with E-state index in [2.05, 4.69) is 29.6 Å². The highest BCUT2D eigenvalue weighted by atomic mass is 16.6. The topological polar surface area (TPSA) is 141 Å². The number of carbonyl (C=O) groups is 3. The Kier molecular flexibility index (Phi) is 13.1. The number of amides is 2. The van der Waals surface area contributed by atoms with Crippen LogP contribution >= 0.6 is 0 Å². The Hall–Kier alpha value is -4.81. The molecule has 290 valence electrons. The van der Waals surface area contributed by atoms with Crippen LogP contribution in [0.2, 0.25) is 0 Å². The third-order valence-electron chi connectivity index (χ3n) is 8.06.